The van der Waals surface area contributed by atoms with Crippen LogP contribution < -0.4 is 4.74 Å². The molecule has 3 nitrogen and oxygen atoms in total. The monoisotopic (exact) mass is 300 g/mol. The van der Waals surface area contributed by atoms with Crippen molar-refractivity contribution >= 4 is 22.5 Å². The Hall–Kier alpha value is -2.00. The third-order valence-electron chi connectivity index (χ3n) is 3.59. The number of pyridine rings is 1. The van der Waals surface area contributed by atoms with Gasteiger partial charge in [-0.2, -0.15) is 0 Å². The molecule has 3 aromatic rings. The normalized spacial score (nSPS) is 11.3. The van der Waals surface area contributed by atoms with Gasteiger partial charge in [0.05, 0.1) is 17.8 Å². The molecule has 0 fully saturated rings. The Morgan fingerprint density at radius 2 is 2.00 bits per heavy atom. The molecule has 1 aromatic carbocycles. The summed E-state index contributed by atoms with van der Waals surface area (Å²) in [5.41, 5.74) is 3.99. The average Bonchev–Trinajstić information content (AvgIpc) is 2.89. The number of rotatable bonds is 3. The maximum Gasteiger partial charge on any atom is 0.122 e. The Morgan fingerprint density at radius 3 is 2.71 bits per heavy atom. The second kappa shape index (κ2) is 5.41. The van der Waals surface area contributed by atoms with Crippen LogP contribution in [0.25, 0.3) is 22.2 Å². The number of methoxy groups -OCH3 is 1. The van der Waals surface area contributed by atoms with E-state index in [1.165, 1.54) is 5.69 Å². The summed E-state index contributed by atoms with van der Waals surface area (Å²) in [7, 11) is 1.64. The van der Waals surface area contributed by atoms with E-state index >= 15 is 0 Å². The fraction of sp³-hybridized carbons (Fsp3) is 0.235. The molecule has 0 aliphatic heterocycles. The molecule has 0 amide bonds. The lowest BCUT2D eigenvalue weighted by atomic mass is 10.1. The van der Waals surface area contributed by atoms with Gasteiger partial charge in [-0.05, 0) is 30.2 Å². The maximum absolute atomic E-state index is 6.43. The number of fused-ring (bicyclic) bond motifs is 1. The Morgan fingerprint density at radius 1 is 1.19 bits per heavy atom. The lowest BCUT2D eigenvalue weighted by Gasteiger charge is -2.06. The number of ether oxygens (including phenoxy) is 1. The van der Waals surface area contributed by atoms with E-state index in [1.54, 1.807) is 13.3 Å². The van der Waals surface area contributed by atoms with Gasteiger partial charge in [-0.1, -0.05) is 25.4 Å². The van der Waals surface area contributed by atoms with Gasteiger partial charge in [-0.15, -0.1) is 0 Å². The van der Waals surface area contributed by atoms with Crippen LogP contribution >= 0.6 is 11.6 Å². The van der Waals surface area contributed by atoms with Crippen LogP contribution in [-0.2, 0) is 0 Å². The minimum Gasteiger partial charge on any atom is -0.497 e. The largest absolute Gasteiger partial charge is 0.497 e. The maximum atomic E-state index is 6.43. The summed E-state index contributed by atoms with van der Waals surface area (Å²) in [6.45, 7) is 4.33. The molecule has 0 unspecified atom stereocenters. The van der Waals surface area contributed by atoms with Crippen molar-refractivity contribution in [1.29, 1.82) is 0 Å². The van der Waals surface area contributed by atoms with E-state index in [9.17, 15) is 0 Å². The number of aromatic nitrogens is 2. The minimum absolute atomic E-state index is 0.453. The molecule has 0 aliphatic carbocycles. The summed E-state index contributed by atoms with van der Waals surface area (Å²) >= 11 is 6.43. The van der Waals surface area contributed by atoms with Crippen LogP contribution in [0.1, 0.15) is 25.5 Å². The lowest BCUT2D eigenvalue weighted by Crippen LogP contribution is -1.88. The molecule has 0 radical (unpaired) electrons. The number of nitrogens with one attached hydrogen (secondary N) is 1. The van der Waals surface area contributed by atoms with E-state index in [1.807, 2.05) is 24.3 Å². The van der Waals surface area contributed by atoms with Gasteiger partial charge in [0.1, 0.15) is 5.75 Å². The van der Waals surface area contributed by atoms with Crippen molar-refractivity contribution in [2.45, 2.75) is 19.8 Å². The predicted molar refractivity (Wildman–Crippen MR) is 87.2 cm³/mol. The van der Waals surface area contributed by atoms with Gasteiger partial charge in [0.15, 0.2) is 0 Å². The van der Waals surface area contributed by atoms with Gasteiger partial charge in [-0.3, -0.25) is 4.98 Å². The average molecular weight is 301 g/mol. The molecule has 0 spiro atoms. The minimum atomic E-state index is 0.453. The van der Waals surface area contributed by atoms with Crippen molar-refractivity contribution in [1.82, 2.24) is 9.97 Å². The van der Waals surface area contributed by atoms with Crippen LogP contribution in [0, 0.1) is 0 Å². The van der Waals surface area contributed by atoms with Gasteiger partial charge >= 0.3 is 0 Å². The van der Waals surface area contributed by atoms with E-state index in [4.69, 9.17) is 16.3 Å². The molecule has 0 aliphatic rings. The summed E-state index contributed by atoms with van der Waals surface area (Å²) in [6, 6.07) is 9.89. The number of H-pyrrole nitrogens is 1. The molecular formula is C17H17ClN2O. The predicted octanol–water partition coefficient (Wildman–Crippen LogP) is 5.02. The summed E-state index contributed by atoms with van der Waals surface area (Å²) in [5.74, 6) is 1.22. The fourth-order valence-electron chi connectivity index (χ4n) is 2.37. The van der Waals surface area contributed by atoms with Gasteiger partial charge in [0, 0.05) is 34.4 Å². The van der Waals surface area contributed by atoms with Crippen molar-refractivity contribution in [2.75, 3.05) is 7.11 Å². The highest BCUT2D eigenvalue weighted by Gasteiger charge is 2.11. The van der Waals surface area contributed by atoms with Crippen LogP contribution in [0.2, 0.25) is 5.02 Å². The molecule has 2 aromatic heterocycles. The molecule has 108 valence electrons. The Kier molecular flexibility index (Phi) is 3.60. The number of aromatic amines is 1. The van der Waals surface area contributed by atoms with Crippen LogP contribution in [0.4, 0.5) is 0 Å². The van der Waals surface area contributed by atoms with Crippen LogP contribution in [0.5, 0.6) is 5.75 Å². The summed E-state index contributed by atoms with van der Waals surface area (Å²) in [4.78, 5) is 7.83. The van der Waals surface area contributed by atoms with E-state index in [0.29, 0.717) is 10.9 Å². The molecule has 4 heteroatoms. The zero-order chi connectivity index (χ0) is 15.0. The molecule has 1 N–H and O–H groups in total. The van der Waals surface area contributed by atoms with Crippen LogP contribution in [0.15, 0.2) is 36.5 Å². The number of benzene rings is 1. The van der Waals surface area contributed by atoms with Crippen molar-refractivity contribution in [3.05, 3.63) is 47.2 Å². The van der Waals surface area contributed by atoms with E-state index in [0.717, 1.165) is 27.9 Å². The van der Waals surface area contributed by atoms with E-state index in [-0.39, 0.29) is 0 Å². The first-order valence-corrected chi connectivity index (χ1v) is 7.29. The summed E-state index contributed by atoms with van der Waals surface area (Å²) in [6.07, 6.45) is 1.73. The molecule has 0 atom stereocenters. The fourth-order valence-corrected chi connectivity index (χ4v) is 2.64. The first-order chi connectivity index (χ1) is 10.1. The standard InChI is InChI=1S/C17H17ClN2O/c1-10(2)15-7-11-6-14(18)13(9-16(11)20-15)17-8-12(21-3)4-5-19-17/h4-10,20H,1-3H3. The SMILES string of the molecule is COc1ccnc(-c2cc3[nH]c(C(C)C)cc3cc2Cl)c1. The van der Waals surface area contributed by atoms with Gasteiger partial charge in [-0.25, -0.2) is 0 Å². The molecule has 0 saturated heterocycles. The van der Waals surface area contributed by atoms with Gasteiger partial charge in [0.25, 0.3) is 0 Å². The van der Waals surface area contributed by atoms with Gasteiger partial charge < -0.3 is 9.72 Å². The second-order valence-corrected chi connectivity index (χ2v) is 5.79. The van der Waals surface area contributed by atoms with E-state index in [2.05, 4.69) is 29.9 Å². The van der Waals surface area contributed by atoms with Crippen LogP contribution in [0.3, 0.4) is 0 Å². The summed E-state index contributed by atoms with van der Waals surface area (Å²) < 4.78 is 5.25. The van der Waals surface area contributed by atoms with Crippen molar-refractivity contribution in [3.63, 3.8) is 0 Å². The zero-order valence-corrected chi connectivity index (χ0v) is 13.0. The highest BCUT2D eigenvalue weighted by Crippen LogP contribution is 2.33. The molecular weight excluding hydrogens is 284 g/mol. The molecule has 0 bridgehead atoms. The smallest absolute Gasteiger partial charge is 0.122 e. The Balaban J connectivity index is 2.15. The molecule has 21 heavy (non-hydrogen) atoms. The van der Waals surface area contributed by atoms with E-state index < -0.39 is 0 Å². The third kappa shape index (κ3) is 2.61. The van der Waals surface area contributed by atoms with Crippen molar-refractivity contribution < 1.29 is 4.74 Å². The summed E-state index contributed by atoms with van der Waals surface area (Å²) in [5, 5.41) is 1.81. The van der Waals surface area contributed by atoms with Crippen molar-refractivity contribution in [3.8, 4) is 17.0 Å². The highest BCUT2D eigenvalue weighted by atomic mass is 35.5. The van der Waals surface area contributed by atoms with Crippen molar-refractivity contribution in [2.24, 2.45) is 0 Å². The quantitative estimate of drug-likeness (QED) is 0.738. The highest BCUT2D eigenvalue weighted by molar-refractivity contribution is 6.34. The number of nitrogens with zero attached hydrogens (tertiary/aromatic N) is 1. The van der Waals surface area contributed by atoms with Gasteiger partial charge in [0.2, 0.25) is 0 Å². The zero-order valence-electron chi connectivity index (χ0n) is 12.3. The third-order valence-corrected chi connectivity index (χ3v) is 3.91. The Bertz CT molecular complexity index is 793. The topological polar surface area (TPSA) is 37.9 Å². The first kappa shape index (κ1) is 14.0. The molecule has 3 rings (SSSR count). The lowest BCUT2D eigenvalue weighted by molar-refractivity contribution is 0.414. The number of hydrogen-bond donors (Lipinski definition) is 1. The second-order valence-electron chi connectivity index (χ2n) is 5.38. The number of hydrogen-bond acceptors (Lipinski definition) is 2. The Labute approximate surface area is 128 Å². The molecule has 0 saturated carbocycles. The molecule has 2 heterocycles. The first-order valence-electron chi connectivity index (χ1n) is 6.91. The van der Waals surface area contributed by atoms with Crippen LogP contribution in [-0.4, -0.2) is 17.1 Å². The number of halogens is 1.